The number of carbonyl (C=O) groups is 2. The maximum absolute atomic E-state index is 14.4. The van der Waals surface area contributed by atoms with Gasteiger partial charge >= 0.3 is 0 Å². The number of nitrogens with one attached hydrogen (secondary N) is 1. The van der Waals surface area contributed by atoms with Gasteiger partial charge in [0.15, 0.2) is 0 Å². The second kappa shape index (κ2) is 10.2. The van der Waals surface area contributed by atoms with Gasteiger partial charge in [-0.25, -0.2) is 4.39 Å². The fraction of sp³-hybridized carbons (Fsp3) is 0.652. The Balaban J connectivity index is 1.58. The van der Waals surface area contributed by atoms with Gasteiger partial charge in [0.1, 0.15) is 11.6 Å². The van der Waals surface area contributed by atoms with Gasteiger partial charge in [0.2, 0.25) is 11.8 Å². The molecule has 2 aliphatic rings. The van der Waals surface area contributed by atoms with Gasteiger partial charge in [-0.1, -0.05) is 0 Å². The van der Waals surface area contributed by atoms with Crippen LogP contribution in [-0.2, 0) is 20.7 Å². The summed E-state index contributed by atoms with van der Waals surface area (Å²) < 4.78 is 25.3. The summed E-state index contributed by atoms with van der Waals surface area (Å²) in [5.41, 5.74) is -0.111. The van der Waals surface area contributed by atoms with Crippen LogP contribution in [0.1, 0.15) is 56.9 Å². The first kappa shape index (κ1) is 22.5. The van der Waals surface area contributed by atoms with Crippen molar-refractivity contribution in [2.45, 2.75) is 69.4 Å². The van der Waals surface area contributed by atoms with Crippen molar-refractivity contribution in [2.75, 3.05) is 27.3 Å². The van der Waals surface area contributed by atoms with Gasteiger partial charge in [0.25, 0.3) is 0 Å². The fourth-order valence-corrected chi connectivity index (χ4v) is 4.39. The van der Waals surface area contributed by atoms with Crippen molar-refractivity contribution in [2.24, 2.45) is 0 Å². The Kier molecular flexibility index (Phi) is 7.69. The third kappa shape index (κ3) is 5.94. The van der Waals surface area contributed by atoms with Crippen LogP contribution in [0.15, 0.2) is 18.2 Å². The third-order valence-electron chi connectivity index (χ3n) is 6.32. The summed E-state index contributed by atoms with van der Waals surface area (Å²) in [4.78, 5) is 26.4. The molecule has 166 valence electrons. The average molecular weight is 421 g/mol. The summed E-state index contributed by atoms with van der Waals surface area (Å²) in [6.45, 7) is 1.47. The summed E-state index contributed by atoms with van der Waals surface area (Å²) in [5, 5.41) is 3.02. The molecule has 2 amide bonds. The topological polar surface area (TPSA) is 67.9 Å². The van der Waals surface area contributed by atoms with Crippen molar-refractivity contribution >= 4 is 11.8 Å². The van der Waals surface area contributed by atoms with Crippen molar-refractivity contribution in [3.05, 3.63) is 29.6 Å². The van der Waals surface area contributed by atoms with Crippen LogP contribution >= 0.6 is 0 Å². The second-order valence-corrected chi connectivity index (χ2v) is 8.56. The van der Waals surface area contributed by atoms with Crippen molar-refractivity contribution in [3.63, 3.8) is 0 Å². The molecule has 2 heterocycles. The van der Waals surface area contributed by atoms with Gasteiger partial charge in [0.05, 0.1) is 13.2 Å². The van der Waals surface area contributed by atoms with Crippen LogP contribution in [0.5, 0.6) is 5.75 Å². The van der Waals surface area contributed by atoms with Crippen LogP contribution in [0, 0.1) is 5.82 Å². The van der Waals surface area contributed by atoms with E-state index in [9.17, 15) is 14.0 Å². The van der Waals surface area contributed by atoms with E-state index in [1.165, 1.54) is 19.6 Å². The van der Waals surface area contributed by atoms with Gasteiger partial charge < -0.3 is 19.7 Å². The molecule has 2 atom stereocenters. The molecular formula is C23H33FN2O4. The highest BCUT2D eigenvalue weighted by Gasteiger charge is 2.38. The van der Waals surface area contributed by atoms with E-state index >= 15 is 0 Å². The highest BCUT2D eigenvalue weighted by Crippen LogP contribution is 2.32. The molecule has 2 saturated heterocycles. The van der Waals surface area contributed by atoms with Crippen LogP contribution in [-0.4, -0.2) is 55.7 Å². The lowest BCUT2D eigenvalue weighted by atomic mass is 9.84. The number of ether oxygens (including phenoxy) is 2. The zero-order chi connectivity index (χ0) is 21.6. The molecule has 0 aromatic heterocycles. The normalized spacial score (nSPS) is 23.8. The average Bonchev–Trinajstić information content (AvgIpc) is 3.13. The van der Waals surface area contributed by atoms with E-state index in [2.05, 4.69) is 5.32 Å². The van der Waals surface area contributed by atoms with Crippen molar-refractivity contribution in [1.29, 1.82) is 0 Å². The minimum atomic E-state index is -0.604. The number of rotatable bonds is 9. The van der Waals surface area contributed by atoms with Crippen molar-refractivity contribution in [1.82, 2.24) is 10.2 Å². The first-order valence-corrected chi connectivity index (χ1v) is 10.9. The molecule has 2 aliphatic heterocycles. The van der Waals surface area contributed by atoms with E-state index in [-0.39, 0.29) is 23.7 Å². The molecule has 0 aliphatic carbocycles. The Morgan fingerprint density at radius 3 is 2.90 bits per heavy atom. The predicted molar refractivity (Wildman–Crippen MR) is 112 cm³/mol. The molecular weight excluding hydrogens is 387 g/mol. The molecule has 7 heteroatoms. The molecule has 2 fully saturated rings. The van der Waals surface area contributed by atoms with Gasteiger partial charge in [-0.3, -0.25) is 9.59 Å². The second-order valence-electron chi connectivity index (χ2n) is 8.56. The van der Waals surface area contributed by atoms with Gasteiger partial charge in [-0.2, -0.15) is 0 Å². The van der Waals surface area contributed by atoms with E-state index in [1.54, 1.807) is 17.0 Å². The number of carbonyl (C=O) groups excluding carboxylic acids is 2. The van der Waals surface area contributed by atoms with Crippen molar-refractivity contribution < 1.29 is 23.5 Å². The standard InChI is InChI=1S/C23H33FN2O4/c1-26(13-10-18-5-3-4-14-30-18)22(28)9-12-23(11-8-21(27)25-23)16-17-15-19(29-2)6-7-20(17)24/h6-7,15,18H,3-5,8-14,16H2,1-2H3,(H,25,27)/t18-,23-/m0/s1. The monoisotopic (exact) mass is 420 g/mol. The molecule has 1 aromatic carbocycles. The highest BCUT2D eigenvalue weighted by atomic mass is 19.1. The van der Waals surface area contributed by atoms with E-state index in [0.717, 1.165) is 25.9 Å². The Morgan fingerprint density at radius 1 is 1.40 bits per heavy atom. The Labute approximate surface area is 178 Å². The van der Waals surface area contributed by atoms with Gasteiger partial charge in [-0.05, 0) is 68.7 Å². The van der Waals surface area contributed by atoms with E-state index < -0.39 is 5.54 Å². The Morgan fingerprint density at radius 2 is 2.23 bits per heavy atom. The number of hydrogen-bond acceptors (Lipinski definition) is 4. The third-order valence-corrected chi connectivity index (χ3v) is 6.32. The van der Waals surface area contributed by atoms with E-state index in [1.807, 2.05) is 7.05 Å². The molecule has 3 rings (SSSR count). The molecule has 0 spiro atoms. The summed E-state index contributed by atoms with van der Waals surface area (Å²) in [6.07, 6.45) is 6.58. The molecule has 0 bridgehead atoms. The predicted octanol–water partition coefficient (Wildman–Crippen LogP) is 3.22. The smallest absolute Gasteiger partial charge is 0.222 e. The number of benzene rings is 1. The molecule has 30 heavy (non-hydrogen) atoms. The van der Waals surface area contributed by atoms with Crippen LogP contribution in [0.4, 0.5) is 4.39 Å². The molecule has 0 unspecified atom stereocenters. The number of halogens is 1. The van der Waals surface area contributed by atoms with Gasteiger partial charge in [0, 0.05) is 38.6 Å². The SMILES string of the molecule is COc1ccc(F)c(C[C@@]2(CCC(=O)N(C)CC[C@@H]3CCCCO3)CCC(=O)N2)c1. The zero-order valence-electron chi connectivity index (χ0n) is 18.0. The van der Waals surface area contributed by atoms with Crippen molar-refractivity contribution in [3.8, 4) is 5.75 Å². The summed E-state index contributed by atoms with van der Waals surface area (Å²) in [5.74, 6) is 0.241. The maximum atomic E-state index is 14.4. The van der Waals surface area contributed by atoms with Crippen LogP contribution < -0.4 is 10.1 Å². The molecule has 1 N–H and O–H groups in total. The number of hydrogen-bond donors (Lipinski definition) is 1. The lowest BCUT2D eigenvalue weighted by Gasteiger charge is -2.31. The summed E-state index contributed by atoms with van der Waals surface area (Å²) in [7, 11) is 3.35. The number of amides is 2. The first-order chi connectivity index (χ1) is 14.4. The molecule has 6 nitrogen and oxygen atoms in total. The van der Waals surface area contributed by atoms with Gasteiger partial charge in [-0.15, -0.1) is 0 Å². The molecule has 0 radical (unpaired) electrons. The lowest BCUT2D eigenvalue weighted by Crippen LogP contribution is -2.45. The summed E-state index contributed by atoms with van der Waals surface area (Å²) in [6, 6.07) is 4.62. The minimum absolute atomic E-state index is 0.0393. The van der Waals surface area contributed by atoms with E-state index in [0.29, 0.717) is 50.0 Å². The fourth-order valence-electron chi connectivity index (χ4n) is 4.39. The maximum Gasteiger partial charge on any atom is 0.222 e. The Hall–Kier alpha value is -2.15. The largest absolute Gasteiger partial charge is 0.497 e. The summed E-state index contributed by atoms with van der Waals surface area (Å²) >= 11 is 0. The lowest BCUT2D eigenvalue weighted by molar-refractivity contribution is -0.131. The quantitative estimate of drug-likeness (QED) is 0.666. The van der Waals surface area contributed by atoms with E-state index in [4.69, 9.17) is 9.47 Å². The zero-order valence-corrected chi connectivity index (χ0v) is 18.0. The molecule has 0 saturated carbocycles. The number of methoxy groups -OCH3 is 1. The Bertz CT molecular complexity index is 751. The highest BCUT2D eigenvalue weighted by molar-refractivity contribution is 5.80. The number of nitrogens with zero attached hydrogens (tertiary/aromatic N) is 1. The van der Waals surface area contributed by atoms with Crippen LogP contribution in [0.3, 0.4) is 0 Å². The first-order valence-electron chi connectivity index (χ1n) is 10.9. The molecule has 1 aromatic rings. The van der Waals surface area contributed by atoms with Crippen LogP contribution in [0.2, 0.25) is 0 Å². The van der Waals surface area contributed by atoms with Crippen LogP contribution in [0.25, 0.3) is 0 Å². The minimum Gasteiger partial charge on any atom is -0.497 e.